The summed E-state index contributed by atoms with van der Waals surface area (Å²) in [6.45, 7) is 3.99. The van der Waals surface area contributed by atoms with Crippen LogP contribution in [0.25, 0.3) is 22.2 Å². The summed E-state index contributed by atoms with van der Waals surface area (Å²) in [6.07, 6.45) is 6.34. The standard InChI is InChI=1S/C18H20N4.ClH/c1-18(2,19)12-5-7-15(20-9-12)13-6-8-16-14(10-21-22-16)17(13)11-3-4-11;/h5-11H,3-4,19H2,1-2H3,(H,21,22);1H. The first kappa shape index (κ1) is 16.0. The molecule has 4 rings (SSSR count). The molecule has 0 aliphatic heterocycles. The van der Waals surface area contributed by atoms with Crippen molar-refractivity contribution in [1.82, 2.24) is 15.2 Å². The Hall–Kier alpha value is -1.91. The van der Waals surface area contributed by atoms with E-state index in [4.69, 9.17) is 5.73 Å². The number of nitrogens with two attached hydrogens (primary N) is 1. The molecule has 0 amide bonds. The van der Waals surface area contributed by atoms with Gasteiger partial charge in [0, 0.05) is 22.7 Å². The maximum atomic E-state index is 6.14. The van der Waals surface area contributed by atoms with Crippen LogP contribution in [-0.2, 0) is 5.54 Å². The first-order valence-electron chi connectivity index (χ1n) is 7.76. The number of aromatic nitrogens is 3. The maximum Gasteiger partial charge on any atom is 0.0705 e. The van der Waals surface area contributed by atoms with Crippen molar-refractivity contribution in [3.8, 4) is 11.3 Å². The van der Waals surface area contributed by atoms with Crippen LogP contribution in [0.4, 0.5) is 0 Å². The topological polar surface area (TPSA) is 67.6 Å². The van der Waals surface area contributed by atoms with E-state index in [1.807, 2.05) is 26.2 Å². The van der Waals surface area contributed by atoms with Gasteiger partial charge in [-0.1, -0.05) is 12.1 Å². The van der Waals surface area contributed by atoms with E-state index in [1.165, 1.54) is 29.4 Å². The van der Waals surface area contributed by atoms with Gasteiger partial charge in [0.25, 0.3) is 0 Å². The Morgan fingerprint density at radius 2 is 1.91 bits per heavy atom. The second-order valence-corrected chi connectivity index (χ2v) is 6.79. The number of H-pyrrole nitrogens is 1. The average Bonchev–Trinajstić information content (AvgIpc) is 3.22. The number of fused-ring (bicyclic) bond motifs is 1. The van der Waals surface area contributed by atoms with E-state index < -0.39 is 0 Å². The van der Waals surface area contributed by atoms with Crippen molar-refractivity contribution in [1.29, 1.82) is 0 Å². The Kier molecular flexibility index (Phi) is 3.90. The third kappa shape index (κ3) is 2.84. The van der Waals surface area contributed by atoms with Crippen LogP contribution < -0.4 is 5.73 Å². The summed E-state index contributed by atoms with van der Waals surface area (Å²) >= 11 is 0. The smallest absolute Gasteiger partial charge is 0.0705 e. The first-order valence-corrected chi connectivity index (χ1v) is 7.76. The molecule has 1 fully saturated rings. The van der Waals surface area contributed by atoms with Gasteiger partial charge in [-0.2, -0.15) is 5.10 Å². The lowest BCUT2D eigenvalue weighted by Crippen LogP contribution is -2.28. The summed E-state index contributed by atoms with van der Waals surface area (Å²) in [5.41, 5.74) is 11.6. The highest BCUT2D eigenvalue weighted by Crippen LogP contribution is 2.47. The van der Waals surface area contributed by atoms with Crippen molar-refractivity contribution < 1.29 is 0 Å². The van der Waals surface area contributed by atoms with Crippen LogP contribution in [0.3, 0.4) is 0 Å². The normalized spacial score (nSPS) is 14.7. The van der Waals surface area contributed by atoms with Gasteiger partial charge in [0.15, 0.2) is 0 Å². The second kappa shape index (κ2) is 5.62. The molecule has 0 unspecified atom stereocenters. The zero-order valence-electron chi connectivity index (χ0n) is 13.3. The number of nitrogens with one attached hydrogen (secondary N) is 1. The van der Waals surface area contributed by atoms with Crippen molar-refractivity contribution >= 4 is 23.3 Å². The number of pyridine rings is 1. The summed E-state index contributed by atoms with van der Waals surface area (Å²) < 4.78 is 0. The molecule has 4 nitrogen and oxygen atoms in total. The van der Waals surface area contributed by atoms with Crippen molar-refractivity contribution in [2.45, 2.75) is 38.1 Å². The number of aromatic amines is 1. The van der Waals surface area contributed by atoms with Gasteiger partial charge in [0.2, 0.25) is 0 Å². The molecule has 120 valence electrons. The van der Waals surface area contributed by atoms with Crippen LogP contribution in [0.5, 0.6) is 0 Å². The highest BCUT2D eigenvalue weighted by atomic mass is 35.5. The fourth-order valence-corrected chi connectivity index (χ4v) is 3.01. The Bertz CT molecular complexity index is 826. The molecule has 0 atom stereocenters. The summed E-state index contributed by atoms with van der Waals surface area (Å²) in [6, 6.07) is 8.41. The van der Waals surface area contributed by atoms with Crippen molar-refractivity contribution in [2.24, 2.45) is 5.73 Å². The molecule has 5 heteroatoms. The lowest BCUT2D eigenvalue weighted by atomic mass is 9.94. The molecule has 1 saturated carbocycles. The monoisotopic (exact) mass is 328 g/mol. The van der Waals surface area contributed by atoms with E-state index in [9.17, 15) is 0 Å². The Morgan fingerprint density at radius 3 is 2.52 bits per heavy atom. The maximum absolute atomic E-state index is 6.14. The fraction of sp³-hybridized carbons (Fsp3) is 0.333. The summed E-state index contributed by atoms with van der Waals surface area (Å²) in [5, 5.41) is 8.48. The van der Waals surface area contributed by atoms with E-state index in [2.05, 4.69) is 39.4 Å². The van der Waals surface area contributed by atoms with Gasteiger partial charge in [-0.25, -0.2) is 0 Å². The van der Waals surface area contributed by atoms with E-state index in [-0.39, 0.29) is 17.9 Å². The third-order valence-corrected chi connectivity index (χ3v) is 4.43. The Labute approximate surface area is 141 Å². The molecule has 3 N–H and O–H groups in total. The lowest BCUT2D eigenvalue weighted by molar-refractivity contribution is 0.552. The van der Waals surface area contributed by atoms with Crippen LogP contribution in [-0.4, -0.2) is 15.2 Å². The molecule has 0 bridgehead atoms. The molecule has 1 aromatic carbocycles. The molecule has 1 aliphatic carbocycles. The van der Waals surface area contributed by atoms with Crippen molar-refractivity contribution in [2.75, 3.05) is 0 Å². The number of halogens is 1. The lowest BCUT2D eigenvalue weighted by Gasteiger charge is -2.19. The predicted octanol–water partition coefficient (Wildman–Crippen LogP) is 4.12. The molecule has 0 spiro atoms. The van der Waals surface area contributed by atoms with Crippen molar-refractivity contribution in [3.05, 3.63) is 47.8 Å². The molecule has 3 aromatic rings. The molecule has 23 heavy (non-hydrogen) atoms. The molecular formula is C18H21ClN4. The fourth-order valence-electron chi connectivity index (χ4n) is 3.01. The zero-order valence-corrected chi connectivity index (χ0v) is 14.2. The minimum Gasteiger partial charge on any atom is -0.322 e. The highest BCUT2D eigenvalue weighted by molar-refractivity contribution is 5.89. The Balaban J connectivity index is 0.00000156. The van der Waals surface area contributed by atoms with E-state index in [1.54, 1.807) is 0 Å². The number of hydrogen-bond acceptors (Lipinski definition) is 3. The van der Waals surface area contributed by atoms with Gasteiger partial charge < -0.3 is 5.73 Å². The SMILES string of the molecule is CC(C)(N)c1ccc(-c2ccc3[nH]ncc3c2C2CC2)nc1.Cl. The first-order chi connectivity index (χ1) is 10.5. The summed E-state index contributed by atoms with van der Waals surface area (Å²) in [7, 11) is 0. The quantitative estimate of drug-likeness (QED) is 0.760. The van der Waals surface area contributed by atoms with Gasteiger partial charge in [0.05, 0.1) is 17.4 Å². The van der Waals surface area contributed by atoms with Crippen LogP contribution >= 0.6 is 12.4 Å². The number of nitrogens with zero attached hydrogens (tertiary/aromatic N) is 2. The number of hydrogen-bond donors (Lipinski definition) is 2. The summed E-state index contributed by atoms with van der Waals surface area (Å²) in [5.74, 6) is 0.642. The van der Waals surface area contributed by atoms with Crippen LogP contribution in [0, 0.1) is 0 Å². The van der Waals surface area contributed by atoms with E-state index in [0.717, 1.165) is 16.8 Å². The molecule has 0 radical (unpaired) electrons. The molecular weight excluding hydrogens is 308 g/mol. The highest BCUT2D eigenvalue weighted by Gasteiger charge is 2.29. The van der Waals surface area contributed by atoms with E-state index in [0.29, 0.717) is 5.92 Å². The van der Waals surface area contributed by atoms with Crippen LogP contribution in [0.2, 0.25) is 0 Å². The number of rotatable bonds is 3. The molecule has 2 heterocycles. The van der Waals surface area contributed by atoms with Gasteiger partial charge in [-0.3, -0.25) is 10.1 Å². The van der Waals surface area contributed by atoms with Gasteiger partial charge in [-0.05, 0) is 55.9 Å². The minimum absolute atomic E-state index is 0. The average molecular weight is 329 g/mol. The predicted molar refractivity (Wildman–Crippen MR) is 95.8 cm³/mol. The van der Waals surface area contributed by atoms with Gasteiger partial charge in [-0.15, -0.1) is 12.4 Å². The molecule has 0 saturated heterocycles. The second-order valence-electron chi connectivity index (χ2n) is 6.79. The minimum atomic E-state index is -0.362. The van der Waals surface area contributed by atoms with Crippen LogP contribution in [0.15, 0.2) is 36.7 Å². The van der Waals surface area contributed by atoms with Gasteiger partial charge in [0.1, 0.15) is 0 Å². The molecule has 2 aromatic heterocycles. The van der Waals surface area contributed by atoms with Crippen molar-refractivity contribution in [3.63, 3.8) is 0 Å². The largest absolute Gasteiger partial charge is 0.322 e. The Morgan fingerprint density at radius 1 is 1.13 bits per heavy atom. The third-order valence-electron chi connectivity index (χ3n) is 4.43. The van der Waals surface area contributed by atoms with E-state index >= 15 is 0 Å². The summed E-state index contributed by atoms with van der Waals surface area (Å²) in [4.78, 5) is 4.67. The van der Waals surface area contributed by atoms with Gasteiger partial charge >= 0.3 is 0 Å². The zero-order chi connectivity index (χ0) is 15.3. The molecule has 1 aliphatic rings. The number of benzene rings is 1. The van der Waals surface area contributed by atoms with Crippen LogP contribution in [0.1, 0.15) is 43.7 Å².